The molecule has 1 atom stereocenters. The van der Waals surface area contributed by atoms with Crippen molar-refractivity contribution in [1.82, 2.24) is 0 Å². The topological polar surface area (TPSA) is 130 Å². The monoisotopic (exact) mass is 806 g/mol. The molecular weight excluding hydrogens is 785 g/mol. The molecule has 1 N–H and O–H groups in total. The van der Waals surface area contributed by atoms with Crippen LogP contribution in [0.2, 0.25) is 0 Å². The number of amidine groups is 2. The average molecular weight is 807 g/mol. The van der Waals surface area contributed by atoms with Gasteiger partial charge in [-0.25, -0.2) is 9.98 Å². The van der Waals surface area contributed by atoms with Gasteiger partial charge in [0, 0.05) is 43.1 Å². The Morgan fingerprint density at radius 3 is 1.53 bits per heavy atom. The molecule has 13 rings (SSSR count). The fraction of sp³-hybridized carbons (Fsp3) is 0. The summed E-state index contributed by atoms with van der Waals surface area (Å²) in [6.07, 6.45) is 7.36. The first kappa shape index (κ1) is 32.6. The molecule has 0 radical (unpaired) electrons. The van der Waals surface area contributed by atoms with E-state index in [1.54, 1.807) is 4.90 Å². The lowest BCUT2D eigenvalue weighted by molar-refractivity contribution is 0.364. The van der Waals surface area contributed by atoms with Crippen molar-refractivity contribution in [3.05, 3.63) is 143 Å². The van der Waals surface area contributed by atoms with Gasteiger partial charge >= 0.3 is 21.8 Å². The van der Waals surface area contributed by atoms with Crippen molar-refractivity contribution in [2.24, 2.45) is 9.98 Å². The van der Waals surface area contributed by atoms with Crippen LogP contribution in [-0.4, -0.2) is 28.9 Å². The summed E-state index contributed by atoms with van der Waals surface area (Å²) in [5.41, 5.74) is 4.60. The molecule has 0 fully saturated rings. The van der Waals surface area contributed by atoms with Crippen molar-refractivity contribution in [3.63, 3.8) is 0 Å². The molecule has 0 aromatic heterocycles. The standard InChI is InChI=1S/C46H22N4O7S2/c1-2-55-58(51)56-45-31-21-17-27-26-16-20-30-42-32(46(57-59(52,53)54)50-36-14-6-10-24-8-4-12-34(38(24)36)48-44(30)50)22-18-28(40(26)42)25-15-19-29(41(31)39(25)27)43-47-33-11-3-7-23-9-5-13-35(37(23)33)49(43)45/h1,3-22H,(H,52,53,54). The summed E-state index contributed by atoms with van der Waals surface area (Å²) in [5, 5.41) is 11.7. The van der Waals surface area contributed by atoms with Gasteiger partial charge in [-0.1, -0.05) is 79.2 Å². The van der Waals surface area contributed by atoms with Crippen molar-refractivity contribution in [1.29, 1.82) is 0 Å². The number of anilines is 2. The lowest BCUT2D eigenvalue weighted by Gasteiger charge is -2.36. The smallest absolute Gasteiger partial charge is 0.351 e. The van der Waals surface area contributed by atoms with E-state index in [9.17, 15) is 17.2 Å². The summed E-state index contributed by atoms with van der Waals surface area (Å²) in [6, 6.07) is 39.4. The van der Waals surface area contributed by atoms with Gasteiger partial charge in [0.15, 0.2) is 0 Å². The highest BCUT2D eigenvalue weighted by Gasteiger charge is 2.38. The van der Waals surface area contributed by atoms with E-state index < -0.39 is 21.8 Å². The minimum Gasteiger partial charge on any atom is -0.351 e. The molecule has 0 aliphatic carbocycles. The van der Waals surface area contributed by atoms with Gasteiger partial charge < -0.3 is 12.5 Å². The molecule has 0 saturated carbocycles. The predicted octanol–water partition coefficient (Wildman–Crippen LogP) is 8.02. The Labute approximate surface area is 336 Å². The fourth-order valence-electron chi connectivity index (χ4n) is 9.74. The number of rotatable bonds is 5. The van der Waals surface area contributed by atoms with Crippen LogP contribution in [0.5, 0.6) is 0 Å². The fourth-order valence-corrected chi connectivity index (χ4v) is 10.5. The highest BCUT2D eigenvalue weighted by molar-refractivity contribution is 7.81. The molecule has 280 valence electrons. The lowest BCUT2D eigenvalue weighted by atomic mass is 9.84. The molecule has 0 amide bonds. The number of nitrogens with zero attached hydrogens (tertiary/aromatic N) is 4. The van der Waals surface area contributed by atoms with Crippen molar-refractivity contribution in [3.8, 4) is 12.5 Å². The zero-order valence-corrected chi connectivity index (χ0v) is 31.8. The van der Waals surface area contributed by atoms with Gasteiger partial charge in [0.05, 0.1) is 22.7 Å². The normalized spacial score (nSPS) is 15.4. The third kappa shape index (κ3) is 4.18. The van der Waals surface area contributed by atoms with Crippen LogP contribution in [0.4, 0.5) is 22.7 Å². The Morgan fingerprint density at radius 2 is 1.03 bits per heavy atom. The maximum Gasteiger partial charge on any atom is 0.447 e. The first-order valence-corrected chi connectivity index (χ1v) is 20.8. The number of benzene rings is 9. The van der Waals surface area contributed by atoms with Gasteiger partial charge in [-0.2, -0.15) is 12.6 Å². The molecule has 4 aliphatic rings. The van der Waals surface area contributed by atoms with Crippen LogP contribution >= 0.6 is 0 Å². The second kappa shape index (κ2) is 11.1. The zero-order valence-electron chi connectivity index (χ0n) is 30.1. The van der Waals surface area contributed by atoms with Gasteiger partial charge in [-0.05, 0) is 91.6 Å². The number of hydrogen-bond acceptors (Lipinski definition) is 10. The number of aliphatic imine (C=N–C) groups is 2. The van der Waals surface area contributed by atoms with Crippen molar-refractivity contribution < 1.29 is 29.7 Å². The van der Waals surface area contributed by atoms with E-state index in [2.05, 4.69) is 12.1 Å². The summed E-state index contributed by atoms with van der Waals surface area (Å²) in [5.74, 6) is 1.22. The van der Waals surface area contributed by atoms with Crippen LogP contribution in [0.3, 0.4) is 0 Å². The maximum atomic E-state index is 13.2. The Balaban J connectivity index is 1.17. The quantitative estimate of drug-likeness (QED) is 0.0796. The van der Waals surface area contributed by atoms with E-state index >= 15 is 0 Å². The van der Waals surface area contributed by atoms with Crippen LogP contribution in [0.1, 0.15) is 11.1 Å². The molecule has 59 heavy (non-hydrogen) atoms. The van der Waals surface area contributed by atoms with E-state index in [4.69, 9.17) is 29.0 Å². The van der Waals surface area contributed by atoms with E-state index in [0.29, 0.717) is 27.8 Å². The van der Waals surface area contributed by atoms with Crippen LogP contribution < -0.4 is 20.2 Å². The zero-order chi connectivity index (χ0) is 39.5. The van der Waals surface area contributed by atoms with E-state index in [1.807, 2.05) is 120 Å². The second-order valence-corrected chi connectivity index (χ2v) is 16.4. The lowest BCUT2D eigenvalue weighted by Crippen LogP contribution is -2.41. The first-order valence-electron chi connectivity index (χ1n) is 18.4. The summed E-state index contributed by atoms with van der Waals surface area (Å²) >= 11 is -2.34. The van der Waals surface area contributed by atoms with Crippen molar-refractivity contribution in [2.75, 3.05) is 9.80 Å². The summed E-state index contributed by atoms with van der Waals surface area (Å²) in [7, 11) is -4.98. The first-order chi connectivity index (χ1) is 28.8. The molecule has 0 spiro atoms. The second-order valence-electron chi connectivity index (χ2n) is 14.6. The van der Waals surface area contributed by atoms with Crippen LogP contribution in [0, 0.1) is 12.5 Å². The molecular formula is C46H22N4O7S2. The molecule has 4 aliphatic heterocycles. The molecule has 9 aromatic rings. The van der Waals surface area contributed by atoms with E-state index in [0.717, 1.165) is 92.8 Å². The molecule has 0 saturated heterocycles. The maximum absolute atomic E-state index is 13.2. The summed E-state index contributed by atoms with van der Waals surface area (Å²) < 4.78 is 65.3. The Hall–Kier alpha value is -7.50. The molecule has 13 heteroatoms. The molecule has 0 bridgehead atoms. The highest BCUT2D eigenvalue weighted by Crippen LogP contribution is 2.49. The van der Waals surface area contributed by atoms with E-state index in [-0.39, 0.29) is 11.8 Å². The Kier molecular flexibility index (Phi) is 6.14. The largest absolute Gasteiger partial charge is 0.447 e. The van der Waals surface area contributed by atoms with Crippen LogP contribution in [0.15, 0.2) is 131 Å². The van der Waals surface area contributed by atoms with Crippen molar-refractivity contribution >= 4 is 133 Å². The van der Waals surface area contributed by atoms with Crippen LogP contribution in [-0.2, 0) is 34.3 Å². The number of terminal acetylenes is 1. The predicted molar refractivity (Wildman–Crippen MR) is 231 cm³/mol. The Bertz CT molecular complexity index is 3880. The van der Waals surface area contributed by atoms with Gasteiger partial charge in [0.2, 0.25) is 11.8 Å². The minimum absolute atomic E-state index is 0.0789. The average Bonchev–Trinajstić information content (AvgIpc) is 3.23. The minimum atomic E-state index is -4.98. The van der Waals surface area contributed by atoms with Gasteiger partial charge in [0.25, 0.3) is 0 Å². The SMILES string of the molecule is C#COS(=O)OC1=c2ccc3c4ccc5c6c(ccc(c7ccc(c2c37)C2=Nc3cccc7cccc(c37)N21)c64)=C(OS(=O)(=O)O)N1C5=Nc2cccc3cccc1c23. The molecule has 4 heterocycles. The third-order valence-corrected chi connectivity index (χ3v) is 12.7. The molecule has 11 nitrogen and oxygen atoms in total. The molecule has 9 aromatic carbocycles. The summed E-state index contributed by atoms with van der Waals surface area (Å²) in [4.78, 5) is 13.9. The van der Waals surface area contributed by atoms with Crippen LogP contribution in [0.25, 0.3) is 76.4 Å². The number of fused-ring (bicyclic) bond motifs is 8. The van der Waals surface area contributed by atoms with E-state index in [1.165, 1.54) is 0 Å². The van der Waals surface area contributed by atoms with Crippen molar-refractivity contribution in [2.45, 2.75) is 0 Å². The summed E-state index contributed by atoms with van der Waals surface area (Å²) in [6.45, 7) is 0. The molecule has 1 unspecified atom stereocenters. The van der Waals surface area contributed by atoms with Gasteiger partial charge in [-0.15, -0.1) is 0 Å². The Morgan fingerprint density at radius 1 is 0.576 bits per heavy atom. The third-order valence-electron chi connectivity index (χ3n) is 11.8. The highest BCUT2D eigenvalue weighted by atomic mass is 32.3. The van der Waals surface area contributed by atoms with Gasteiger partial charge in [0.1, 0.15) is 17.8 Å². The van der Waals surface area contributed by atoms with Gasteiger partial charge in [-0.3, -0.25) is 14.4 Å². The number of hydrogen-bond donors (Lipinski definition) is 1.